The molecule has 1 aliphatic rings. The van der Waals surface area contributed by atoms with Crippen molar-refractivity contribution in [3.05, 3.63) is 72.3 Å². The van der Waals surface area contributed by atoms with Crippen molar-refractivity contribution in [2.45, 2.75) is 12.8 Å². The molecule has 1 aromatic carbocycles. The van der Waals surface area contributed by atoms with E-state index < -0.39 is 23.0 Å². The van der Waals surface area contributed by atoms with E-state index in [0.717, 1.165) is 5.56 Å². The van der Waals surface area contributed by atoms with Crippen LogP contribution in [0.1, 0.15) is 12.8 Å². The number of carbonyl (C=O) groups excluding carboxylic acids is 2. The minimum Gasteiger partial charge on any atom is -0.457 e. The lowest BCUT2D eigenvalue weighted by molar-refractivity contribution is -0.133. The second-order valence-corrected chi connectivity index (χ2v) is 8.96. The molecule has 1 aliphatic carbocycles. The Labute approximate surface area is 198 Å². The number of pyridine rings is 1. The summed E-state index contributed by atoms with van der Waals surface area (Å²) in [5.41, 5.74) is 5.73. The number of hydrogen-bond acceptors (Lipinski definition) is 6. The van der Waals surface area contributed by atoms with Crippen molar-refractivity contribution < 1.29 is 18.7 Å². The third-order valence-corrected chi connectivity index (χ3v) is 6.54. The fraction of sp³-hybridized carbons (Fsp3) is 0.167. The Morgan fingerprint density at radius 3 is 2.62 bits per heavy atom. The van der Waals surface area contributed by atoms with Gasteiger partial charge in [0, 0.05) is 37.1 Å². The highest BCUT2D eigenvalue weighted by Gasteiger charge is 2.57. The number of aromatic nitrogens is 3. The van der Waals surface area contributed by atoms with Crippen LogP contribution in [-0.4, -0.2) is 26.6 Å². The highest BCUT2D eigenvalue weighted by molar-refractivity contribution is 7.14. The average molecular weight is 478 g/mol. The summed E-state index contributed by atoms with van der Waals surface area (Å²) < 4.78 is 22.8. The number of anilines is 2. The predicted octanol–water partition coefficient (Wildman–Crippen LogP) is 4.41. The highest BCUT2D eigenvalue weighted by atomic mass is 32.1. The van der Waals surface area contributed by atoms with Gasteiger partial charge in [-0.25, -0.2) is 4.39 Å². The zero-order chi connectivity index (χ0) is 23.9. The maximum Gasteiger partial charge on any atom is 0.247 e. The predicted molar refractivity (Wildman–Crippen MR) is 125 cm³/mol. The first-order valence-electron chi connectivity index (χ1n) is 10.5. The fourth-order valence-corrected chi connectivity index (χ4v) is 4.42. The van der Waals surface area contributed by atoms with Gasteiger partial charge in [0.05, 0.1) is 17.6 Å². The number of benzene rings is 1. The molecule has 4 aromatic rings. The van der Waals surface area contributed by atoms with Crippen LogP contribution in [0, 0.1) is 11.2 Å². The van der Waals surface area contributed by atoms with E-state index in [4.69, 9.17) is 10.5 Å². The molecule has 0 aliphatic heterocycles. The fourth-order valence-electron chi connectivity index (χ4n) is 3.68. The third-order valence-electron chi connectivity index (χ3n) is 5.69. The van der Waals surface area contributed by atoms with Crippen LogP contribution in [0.15, 0.2) is 66.4 Å². The van der Waals surface area contributed by atoms with Crippen molar-refractivity contribution >= 4 is 33.8 Å². The number of primary amides is 1. The summed E-state index contributed by atoms with van der Waals surface area (Å²) in [4.78, 5) is 30.8. The molecule has 34 heavy (non-hydrogen) atoms. The summed E-state index contributed by atoms with van der Waals surface area (Å²) in [6, 6.07) is 11.1. The highest BCUT2D eigenvalue weighted by Crippen LogP contribution is 2.50. The van der Waals surface area contributed by atoms with E-state index in [1.807, 2.05) is 13.2 Å². The van der Waals surface area contributed by atoms with Gasteiger partial charge in [-0.1, -0.05) is 0 Å². The minimum atomic E-state index is -1.29. The largest absolute Gasteiger partial charge is 0.457 e. The summed E-state index contributed by atoms with van der Waals surface area (Å²) in [6.45, 7) is 0. The normalized spacial score (nSPS) is 13.9. The number of rotatable bonds is 7. The van der Waals surface area contributed by atoms with Gasteiger partial charge in [0.15, 0.2) is 5.82 Å². The van der Waals surface area contributed by atoms with E-state index >= 15 is 4.39 Å². The van der Waals surface area contributed by atoms with Gasteiger partial charge in [-0.3, -0.25) is 24.2 Å². The molecule has 1 saturated carbocycles. The first-order valence-corrected chi connectivity index (χ1v) is 11.4. The van der Waals surface area contributed by atoms with Crippen LogP contribution >= 0.6 is 11.3 Å². The second kappa shape index (κ2) is 8.38. The molecule has 3 heterocycles. The monoisotopic (exact) mass is 477 g/mol. The van der Waals surface area contributed by atoms with Crippen molar-refractivity contribution in [1.29, 1.82) is 0 Å². The molecule has 0 bridgehead atoms. The molecule has 0 radical (unpaired) electrons. The third kappa shape index (κ3) is 3.92. The Morgan fingerprint density at radius 1 is 1.21 bits per heavy atom. The number of hydrogen-bond donors (Lipinski definition) is 1. The van der Waals surface area contributed by atoms with Gasteiger partial charge in [-0.2, -0.15) is 5.10 Å². The summed E-state index contributed by atoms with van der Waals surface area (Å²) in [5, 5.41) is 6.41. The number of amides is 2. The van der Waals surface area contributed by atoms with Gasteiger partial charge in [-0.15, -0.1) is 11.3 Å². The Morgan fingerprint density at radius 2 is 2.00 bits per heavy atom. The molecule has 10 heteroatoms. The Bertz CT molecular complexity index is 1380. The quantitative estimate of drug-likeness (QED) is 0.397. The van der Waals surface area contributed by atoms with Gasteiger partial charge >= 0.3 is 0 Å². The van der Waals surface area contributed by atoms with E-state index in [0.29, 0.717) is 29.3 Å². The number of aryl methyl sites for hydroxylation is 1. The van der Waals surface area contributed by atoms with Crippen LogP contribution in [0.2, 0.25) is 0 Å². The van der Waals surface area contributed by atoms with E-state index in [2.05, 4.69) is 10.1 Å². The van der Waals surface area contributed by atoms with Crippen molar-refractivity contribution in [2.75, 3.05) is 4.90 Å². The number of nitrogens with two attached hydrogens (primary N) is 1. The molecule has 2 amide bonds. The molecule has 8 nitrogen and oxygen atoms in total. The van der Waals surface area contributed by atoms with Crippen molar-refractivity contribution in [2.24, 2.45) is 18.2 Å². The van der Waals surface area contributed by atoms with E-state index in [-0.39, 0.29) is 11.4 Å². The molecule has 172 valence electrons. The summed E-state index contributed by atoms with van der Waals surface area (Å²) in [5.74, 6) is -1.16. The lowest BCUT2D eigenvalue weighted by Crippen LogP contribution is -2.41. The number of thiophene rings is 1. The molecule has 5 rings (SSSR count). The maximum atomic E-state index is 15.3. The Hall–Kier alpha value is -4.05. The molecule has 0 atom stereocenters. The molecule has 0 unspecified atom stereocenters. The number of ether oxygens (including phenoxy) is 1. The summed E-state index contributed by atoms with van der Waals surface area (Å²) >= 11 is 1.27. The first-order chi connectivity index (χ1) is 16.4. The number of carbonyl (C=O) groups is 2. The summed E-state index contributed by atoms with van der Waals surface area (Å²) in [7, 11) is 1.81. The second-order valence-electron chi connectivity index (χ2n) is 8.03. The van der Waals surface area contributed by atoms with Crippen molar-refractivity contribution in [3.8, 4) is 22.8 Å². The maximum absolute atomic E-state index is 15.3. The SMILES string of the molecule is Cn1cc(-c2cc(Oc3ccc(N(C(=O)C4(C(N)=O)CC4)c4cccs4)c(F)c3)ccn2)cn1. The first kappa shape index (κ1) is 21.8. The zero-order valence-corrected chi connectivity index (χ0v) is 19.0. The molecule has 2 N–H and O–H groups in total. The minimum absolute atomic E-state index is 0.0260. The van der Waals surface area contributed by atoms with Crippen LogP contribution in [0.5, 0.6) is 11.5 Å². The van der Waals surface area contributed by atoms with Crippen LogP contribution in [0.25, 0.3) is 11.3 Å². The molecule has 3 aromatic heterocycles. The molecule has 0 spiro atoms. The summed E-state index contributed by atoms with van der Waals surface area (Å²) in [6.07, 6.45) is 5.82. The lowest BCUT2D eigenvalue weighted by atomic mass is 10.0. The van der Waals surface area contributed by atoms with E-state index in [1.165, 1.54) is 28.4 Å². The van der Waals surface area contributed by atoms with Gasteiger partial charge in [0.25, 0.3) is 0 Å². The molecule has 1 fully saturated rings. The van der Waals surface area contributed by atoms with Gasteiger partial charge in [0.2, 0.25) is 11.8 Å². The van der Waals surface area contributed by atoms with Crippen molar-refractivity contribution in [1.82, 2.24) is 14.8 Å². The van der Waals surface area contributed by atoms with E-state index in [9.17, 15) is 9.59 Å². The van der Waals surface area contributed by atoms with Gasteiger partial charge in [-0.05, 0) is 48.6 Å². The van der Waals surface area contributed by atoms with Gasteiger partial charge in [0.1, 0.15) is 21.9 Å². The number of halogens is 1. The standard InChI is InChI=1S/C24H20FN5O3S/c1-29-14-15(13-28-29)19-12-17(6-9-27-19)33-16-4-5-20(18(25)11-16)30(21-3-2-10-34-21)23(32)24(7-8-24)22(26)31/h2-6,9-14H,7-8H2,1H3,(H2,26,31). The smallest absolute Gasteiger partial charge is 0.247 e. The Kier molecular flexibility index (Phi) is 5.37. The van der Waals surface area contributed by atoms with Crippen LogP contribution in [0.4, 0.5) is 15.1 Å². The van der Waals surface area contributed by atoms with Crippen molar-refractivity contribution in [3.63, 3.8) is 0 Å². The van der Waals surface area contributed by atoms with Crippen LogP contribution < -0.4 is 15.4 Å². The van der Waals surface area contributed by atoms with Crippen LogP contribution in [-0.2, 0) is 16.6 Å². The lowest BCUT2D eigenvalue weighted by Gasteiger charge is -2.25. The number of nitrogens with zero attached hydrogens (tertiary/aromatic N) is 4. The topological polar surface area (TPSA) is 103 Å². The van der Waals surface area contributed by atoms with Crippen LogP contribution in [0.3, 0.4) is 0 Å². The van der Waals surface area contributed by atoms with E-state index in [1.54, 1.807) is 52.8 Å². The molecule has 0 saturated heterocycles. The molecular formula is C24H20FN5O3S. The Balaban J connectivity index is 1.44. The zero-order valence-electron chi connectivity index (χ0n) is 18.1. The molecular weight excluding hydrogens is 457 g/mol. The van der Waals surface area contributed by atoms with Gasteiger partial charge < -0.3 is 10.5 Å². The average Bonchev–Trinajstić information content (AvgIpc) is 3.24.